The number of nitrogens with zero attached hydrogens (tertiary/aromatic N) is 4. The van der Waals surface area contributed by atoms with E-state index < -0.39 is 4.92 Å². The molecular formula is C19H16ClN5O2. The Morgan fingerprint density at radius 2 is 1.93 bits per heavy atom. The van der Waals surface area contributed by atoms with Crippen molar-refractivity contribution in [3.8, 4) is 0 Å². The second-order valence-corrected chi connectivity index (χ2v) is 6.77. The quantitative estimate of drug-likeness (QED) is 0.396. The first-order valence-electron chi connectivity index (χ1n) is 8.31. The van der Waals surface area contributed by atoms with E-state index in [1.807, 2.05) is 31.0 Å². The molecule has 0 spiro atoms. The van der Waals surface area contributed by atoms with Gasteiger partial charge in [-0.15, -0.1) is 0 Å². The Balaban J connectivity index is 1.92. The van der Waals surface area contributed by atoms with Gasteiger partial charge >= 0.3 is 0 Å². The number of rotatable bonds is 2. The van der Waals surface area contributed by atoms with Crippen LogP contribution in [0.1, 0.15) is 22.7 Å². The van der Waals surface area contributed by atoms with Crippen molar-refractivity contribution in [1.29, 1.82) is 0 Å². The van der Waals surface area contributed by atoms with Crippen molar-refractivity contribution in [2.75, 3.05) is 17.3 Å². The van der Waals surface area contributed by atoms with E-state index in [4.69, 9.17) is 11.6 Å². The van der Waals surface area contributed by atoms with E-state index in [0.29, 0.717) is 16.7 Å². The highest BCUT2D eigenvalue weighted by Crippen LogP contribution is 2.44. The number of aromatic nitrogens is 2. The maximum Gasteiger partial charge on any atom is 0.269 e. The molecule has 1 aliphatic heterocycles. The second kappa shape index (κ2) is 6.51. The zero-order valence-corrected chi connectivity index (χ0v) is 15.4. The van der Waals surface area contributed by atoms with Crippen LogP contribution in [0.3, 0.4) is 0 Å². The summed E-state index contributed by atoms with van der Waals surface area (Å²) in [4.78, 5) is 21.0. The Morgan fingerprint density at radius 1 is 1.19 bits per heavy atom. The number of nitro groups is 1. The van der Waals surface area contributed by atoms with E-state index >= 15 is 0 Å². The van der Waals surface area contributed by atoms with Gasteiger partial charge < -0.3 is 10.2 Å². The molecule has 0 saturated carbocycles. The first-order chi connectivity index (χ1) is 13.0. The van der Waals surface area contributed by atoms with Crippen LogP contribution in [0.2, 0.25) is 5.15 Å². The van der Waals surface area contributed by atoms with Crippen LogP contribution in [0.15, 0.2) is 48.8 Å². The van der Waals surface area contributed by atoms with Crippen LogP contribution in [0.4, 0.5) is 22.9 Å². The fourth-order valence-electron chi connectivity index (χ4n) is 3.33. The van der Waals surface area contributed by atoms with E-state index in [1.165, 1.54) is 18.5 Å². The molecule has 3 aromatic rings. The van der Waals surface area contributed by atoms with Crippen LogP contribution in [0, 0.1) is 17.0 Å². The molecule has 1 aromatic heterocycles. The molecule has 0 fully saturated rings. The van der Waals surface area contributed by atoms with Crippen molar-refractivity contribution in [3.63, 3.8) is 0 Å². The fraction of sp³-hybridized carbons (Fsp3) is 0.158. The summed E-state index contributed by atoms with van der Waals surface area (Å²) in [5, 5.41) is 14.7. The van der Waals surface area contributed by atoms with Gasteiger partial charge in [0.2, 0.25) is 0 Å². The SMILES string of the molecule is Cc1ccc2c(c1)C(c1ccc([N+](=O)[O-])cc1)Nc1c(Cl)ncnc1N2C. The summed E-state index contributed by atoms with van der Waals surface area (Å²) in [6.07, 6.45) is 1.43. The zero-order chi connectivity index (χ0) is 19.1. The minimum atomic E-state index is -0.407. The molecule has 27 heavy (non-hydrogen) atoms. The van der Waals surface area contributed by atoms with Crippen LogP contribution in [0.5, 0.6) is 0 Å². The Labute approximate surface area is 160 Å². The van der Waals surface area contributed by atoms with Crippen molar-refractivity contribution in [1.82, 2.24) is 9.97 Å². The maximum absolute atomic E-state index is 11.0. The zero-order valence-electron chi connectivity index (χ0n) is 14.7. The number of non-ortho nitro benzene ring substituents is 1. The van der Waals surface area contributed by atoms with E-state index in [0.717, 1.165) is 22.4 Å². The lowest BCUT2D eigenvalue weighted by Gasteiger charge is -2.22. The standard InChI is InChI=1S/C19H16ClN5O2/c1-11-3-8-15-14(9-11)16(12-4-6-13(7-5-12)25(26)27)23-17-18(20)21-10-22-19(17)24(15)2/h3-10,16,23H,1-2H3. The molecule has 136 valence electrons. The smallest absolute Gasteiger partial charge is 0.269 e. The highest BCUT2D eigenvalue weighted by atomic mass is 35.5. The third-order valence-electron chi connectivity index (χ3n) is 4.68. The van der Waals surface area contributed by atoms with Gasteiger partial charge in [-0.25, -0.2) is 9.97 Å². The molecule has 0 saturated heterocycles. The van der Waals surface area contributed by atoms with Crippen LogP contribution in [-0.4, -0.2) is 21.9 Å². The predicted molar refractivity (Wildman–Crippen MR) is 105 cm³/mol. The van der Waals surface area contributed by atoms with Crippen molar-refractivity contribution < 1.29 is 4.92 Å². The molecule has 0 radical (unpaired) electrons. The second-order valence-electron chi connectivity index (χ2n) is 6.41. The highest BCUT2D eigenvalue weighted by molar-refractivity contribution is 6.32. The lowest BCUT2D eigenvalue weighted by molar-refractivity contribution is -0.384. The Morgan fingerprint density at radius 3 is 2.63 bits per heavy atom. The molecule has 0 aliphatic carbocycles. The summed E-state index contributed by atoms with van der Waals surface area (Å²) >= 11 is 6.34. The number of hydrogen-bond donors (Lipinski definition) is 1. The number of anilines is 3. The lowest BCUT2D eigenvalue weighted by atomic mass is 9.95. The number of halogens is 1. The summed E-state index contributed by atoms with van der Waals surface area (Å²) in [5.74, 6) is 0.671. The summed E-state index contributed by atoms with van der Waals surface area (Å²) in [5.41, 5.74) is 4.67. The summed E-state index contributed by atoms with van der Waals surface area (Å²) in [7, 11) is 1.93. The molecule has 1 unspecified atom stereocenters. The maximum atomic E-state index is 11.0. The number of nitro benzene ring substituents is 1. The first-order valence-corrected chi connectivity index (χ1v) is 8.69. The first kappa shape index (κ1) is 17.2. The molecule has 0 bridgehead atoms. The van der Waals surface area contributed by atoms with Crippen LogP contribution in [0.25, 0.3) is 0 Å². The minimum Gasteiger partial charge on any atom is -0.369 e. The van der Waals surface area contributed by atoms with Gasteiger partial charge in [0.25, 0.3) is 5.69 Å². The van der Waals surface area contributed by atoms with Gasteiger partial charge in [0.1, 0.15) is 12.0 Å². The van der Waals surface area contributed by atoms with Gasteiger partial charge in [-0.05, 0) is 30.7 Å². The summed E-state index contributed by atoms with van der Waals surface area (Å²) in [6, 6.07) is 12.4. The van der Waals surface area contributed by atoms with Crippen LogP contribution < -0.4 is 10.2 Å². The van der Waals surface area contributed by atoms with E-state index in [1.54, 1.807) is 12.1 Å². The third kappa shape index (κ3) is 2.96. The van der Waals surface area contributed by atoms with Crippen LogP contribution in [-0.2, 0) is 0 Å². The monoisotopic (exact) mass is 381 g/mol. The Kier molecular flexibility index (Phi) is 4.16. The normalized spacial score (nSPS) is 15.4. The Bertz CT molecular complexity index is 1040. The van der Waals surface area contributed by atoms with Gasteiger partial charge in [-0.2, -0.15) is 0 Å². The van der Waals surface area contributed by atoms with Gasteiger partial charge in [-0.3, -0.25) is 10.1 Å². The van der Waals surface area contributed by atoms with Gasteiger partial charge in [0.15, 0.2) is 11.0 Å². The highest BCUT2D eigenvalue weighted by Gasteiger charge is 2.28. The molecule has 1 N–H and O–H groups in total. The number of hydrogen-bond acceptors (Lipinski definition) is 6. The average Bonchev–Trinajstić information content (AvgIpc) is 2.78. The molecule has 1 aliphatic rings. The van der Waals surface area contributed by atoms with E-state index in [2.05, 4.69) is 21.4 Å². The number of benzene rings is 2. The number of nitrogens with one attached hydrogen (secondary N) is 1. The molecule has 8 heteroatoms. The van der Waals surface area contributed by atoms with Gasteiger partial charge in [0, 0.05) is 30.4 Å². The van der Waals surface area contributed by atoms with E-state index in [-0.39, 0.29) is 11.7 Å². The number of aryl methyl sites for hydroxylation is 1. The minimum absolute atomic E-state index is 0.0516. The molecule has 7 nitrogen and oxygen atoms in total. The molecule has 1 atom stereocenters. The van der Waals surface area contributed by atoms with Gasteiger partial charge in [-0.1, -0.05) is 29.3 Å². The molecule has 2 aromatic carbocycles. The molecule has 0 amide bonds. The van der Waals surface area contributed by atoms with Crippen molar-refractivity contribution >= 4 is 34.5 Å². The molecule has 2 heterocycles. The lowest BCUT2D eigenvalue weighted by Crippen LogP contribution is -2.13. The average molecular weight is 382 g/mol. The van der Waals surface area contributed by atoms with Crippen molar-refractivity contribution in [2.24, 2.45) is 0 Å². The van der Waals surface area contributed by atoms with Gasteiger partial charge in [0.05, 0.1) is 11.0 Å². The van der Waals surface area contributed by atoms with Crippen molar-refractivity contribution in [2.45, 2.75) is 13.0 Å². The molecular weight excluding hydrogens is 366 g/mol. The fourth-order valence-corrected chi connectivity index (χ4v) is 3.51. The largest absolute Gasteiger partial charge is 0.369 e. The van der Waals surface area contributed by atoms with E-state index in [9.17, 15) is 10.1 Å². The number of fused-ring (bicyclic) bond motifs is 2. The Hall–Kier alpha value is -3.19. The molecule has 4 rings (SSSR count). The third-order valence-corrected chi connectivity index (χ3v) is 4.97. The topological polar surface area (TPSA) is 84.2 Å². The van der Waals surface area contributed by atoms with Crippen molar-refractivity contribution in [3.05, 3.63) is 80.7 Å². The summed E-state index contributed by atoms with van der Waals surface area (Å²) < 4.78 is 0. The van der Waals surface area contributed by atoms with Crippen LogP contribution >= 0.6 is 11.6 Å². The summed E-state index contributed by atoms with van der Waals surface area (Å²) in [6.45, 7) is 2.03. The predicted octanol–water partition coefficient (Wildman–Crippen LogP) is 4.63.